The fourth-order valence-electron chi connectivity index (χ4n) is 3.21. The van der Waals surface area contributed by atoms with Crippen LogP contribution < -0.4 is 11.1 Å². The molecule has 0 aromatic rings. The quantitative estimate of drug-likeness (QED) is 0.799. The second-order valence-electron chi connectivity index (χ2n) is 6.95. The van der Waals surface area contributed by atoms with E-state index in [1.54, 1.807) is 0 Å². The highest BCUT2D eigenvalue weighted by atomic mass is 35.5. The van der Waals surface area contributed by atoms with Crippen LogP contribution in [0, 0.1) is 17.8 Å². The Morgan fingerprint density at radius 1 is 1.32 bits per heavy atom. The van der Waals surface area contributed by atoms with Gasteiger partial charge in [-0.15, -0.1) is 12.4 Å². The zero-order valence-electron chi connectivity index (χ0n) is 13.5. The van der Waals surface area contributed by atoms with E-state index >= 15 is 0 Å². The molecular formula is C15H28ClF3N2O. The predicted molar refractivity (Wildman–Crippen MR) is 83.8 cm³/mol. The summed E-state index contributed by atoms with van der Waals surface area (Å²) in [5.41, 5.74) is 5.19. The molecule has 3 N–H and O–H groups in total. The van der Waals surface area contributed by atoms with Crippen molar-refractivity contribution in [3.05, 3.63) is 0 Å². The Labute approximate surface area is 137 Å². The maximum atomic E-state index is 12.8. The number of rotatable bonds is 5. The van der Waals surface area contributed by atoms with Crippen LogP contribution in [0.3, 0.4) is 0 Å². The van der Waals surface area contributed by atoms with E-state index in [2.05, 4.69) is 5.32 Å². The fourth-order valence-corrected chi connectivity index (χ4v) is 3.21. The molecule has 22 heavy (non-hydrogen) atoms. The minimum atomic E-state index is -4.20. The third-order valence-electron chi connectivity index (χ3n) is 4.24. The Morgan fingerprint density at radius 3 is 2.36 bits per heavy atom. The number of carbonyl (C=O) groups excluding carboxylic acids is 1. The maximum absolute atomic E-state index is 12.8. The summed E-state index contributed by atoms with van der Waals surface area (Å²) in [5.74, 6) is -1.83. The molecule has 0 bridgehead atoms. The molecule has 1 amide bonds. The first-order chi connectivity index (χ1) is 9.57. The summed E-state index contributed by atoms with van der Waals surface area (Å²) in [6.45, 7) is 6.20. The summed E-state index contributed by atoms with van der Waals surface area (Å²) < 4.78 is 38.4. The first-order valence-electron chi connectivity index (χ1n) is 7.66. The lowest BCUT2D eigenvalue weighted by Crippen LogP contribution is -2.54. The van der Waals surface area contributed by atoms with Crippen molar-refractivity contribution in [2.24, 2.45) is 23.5 Å². The highest BCUT2D eigenvalue weighted by molar-refractivity contribution is 5.85. The zero-order chi connectivity index (χ0) is 16.3. The van der Waals surface area contributed by atoms with Crippen LogP contribution >= 0.6 is 12.4 Å². The molecule has 0 spiro atoms. The lowest BCUT2D eigenvalue weighted by Gasteiger charge is -2.35. The lowest BCUT2D eigenvalue weighted by atomic mass is 9.80. The molecule has 0 aliphatic heterocycles. The smallest absolute Gasteiger partial charge is 0.349 e. The maximum Gasteiger partial charge on any atom is 0.391 e. The largest absolute Gasteiger partial charge is 0.391 e. The molecule has 0 aromatic carbocycles. The van der Waals surface area contributed by atoms with Gasteiger partial charge in [-0.3, -0.25) is 4.79 Å². The van der Waals surface area contributed by atoms with E-state index in [4.69, 9.17) is 5.73 Å². The van der Waals surface area contributed by atoms with Gasteiger partial charge in [0.2, 0.25) is 5.91 Å². The first-order valence-corrected chi connectivity index (χ1v) is 7.66. The van der Waals surface area contributed by atoms with Crippen molar-refractivity contribution in [2.75, 3.05) is 6.54 Å². The van der Waals surface area contributed by atoms with Crippen LogP contribution in [0.15, 0.2) is 0 Å². The van der Waals surface area contributed by atoms with Crippen LogP contribution in [0.1, 0.15) is 52.9 Å². The molecule has 1 fully saturated rings. The molecule has 1 aliphatic carbocycles. The molecule has 3 atom stereocenters. The van der Waals surface area contributed by atoms with Crippen LogP contribution in [0.5, 0.6) is 0 Å². The number of nitrogens with two attached hydrogens (primary N) is 1. The van der Waals surface area contributed by atoms with Gasteiger partial charge < -0.3 is 11.1 Å². The summed E-state index contributed by atoms with van der Waals surface area (Å²) in [7, 11) is 0. The number of hydrogen-bond donors (Lipinski definition) is 2. The van der Waals surface area contributed by atoms with E-state index in [9.17, 15) is 18.0 Å². The van der Waals surface area contributed by atoms with Gasteiger partial charge in [0.05, 0.1) is 5.92 Å². The van der Waals surface area contributed by atoms with Crippen molar-refractivity contribution in [3.63, 3.8) is 0 Å². The molecule has 1 aliphatic rings. The highest BCUT2D eigenvalue weighted by Crippen LogP contribution is 2.40. The number of nitrogens with one attached hydrogen (secondary N) is 1. The monoisotopic (exact) mass is 344 g/mol. The molecule has 0 radical (unpaired) electrons. The van der Waals surface area contributed by atoms with E-state index < -0.39 is 23.6 Å². The molecule has 3 nitrogen and oxygen atoms in total. The van der Waals surface area contributed by atoms with Crippen molar-refractivity contribution >= 4 is 18.3 Å². The van der Waals surface area contributed by atoms with Gasteiger partial charge in [-0.25, -0.2) is 0 Å². The molecule has 7 heteroatoms. The molecule has 1 rings (SSSR count). The van der Waals surface area contributed by atoms with Gasteiger partial charge >= 0.3 is 6.18 Å². The molecule has 0 aromatic heterocycles. The lowest BCUT2D eigenvalue weighted by molar-refractivity contribution is -0.186. The Bertz CT molecular complexity index is 363. The minimum Gasteiger partial charge on any atom is -0.349 e. The third-order valence-corrected chi connectivity index (χ3v) is 4.24. The molecule has 3 unspecified atom stereocenters. The van der Waals surface area contributed by atoms with Crippen molar-refractivity contribution in [1.29, 1.82) is 0 Å². The third kappa shape index (κ3) is 6.32. The van der Waals surface area contributed by atoms with E-state index in [0.717, 1.165) is 0 Å². The number of carbonyl (C=O) groups is 1. The van der Waals surface area contributed by atoms with Gasteiger partial charge in [-0.05, 0) is 38.5 Å². The van der Waals surface area contributed by atoms with E-state index in [0.29, 0.717) is 25.2 Å². The van der Waals surface area contributed by atoms with Gasteiger partial charge in [0.15, 0.2) is 0 Å². The number of alkyl halides is 3. The number of halogens is 4. The minimum absolute atomic E-state index is 0. The summed E-state index contributed by atoms with van der Waals surface area (Å²) in [6.07, 6.45) is -2.48. The van der Waals surface area contributed by atoms with Gasteiger partial charge in [-0.1, -0.05) is 20.3 Å². The first kappa shape index (κ1) is 21.5. The average Bonchev–Trinajstić information content (AvgIpc) is 2.37. The Hall–Kier alpha value is -0.490. The van der Waals surface area contributed by atoms with Crippen LogP contribution in [0.25, 0.3) is 0 Å². The van der Waals surface area contributed by atoms with E-state index in [1.165, 1.54) is 0 Å². The number of hydrogen-bond acceptors (Lipinski definition) is 2. The van der Waals surface area contributed by atoms with Crippen molar-refractivity contribution in [1.82, 2.24) is 5.32 Å². The molecule has 132 valence electrons. The van der Waals surface area contributed by atoms with E-state index in [-0.39, 0.29) is 37.7 Å². The summed E-state index contributed by atoms with van der Waals surface area (Å²) >= 11 is 0. The highest BCUT2D eigenvalue weighted by Gasteiger charge is 2.44. The normalized spacial score (nSPS) is 25.3. The summed E-state index contributed by atoms with van der Waals surface area (Å²) in [5, 5.41) is 2.88. The zero-order valence-corrected chi connectivity index (χ0v) is 14.3. The second kappa shape index (κ2) is 8.39. The standard InChI is InChI=1S/C15H27F3N2O.ClH/c1-10(2)8-14(3,9-19)20-13(21)11-5-4-6-12(7-11)15(16,17)18;/h10-12H,4-9,19H2,1-3H3,(H,20,21);1H. The van der Waals surface area contributed by atoms with Crippen LogP contribution in [0.2, 0.25) is 0 Å². The van der Waals surface area contributed by atoms with Crippen LogP contribution in [-0.4, -0.2) is 24.2 Å². The van der Waals surface area contributed by atoms with Gasteiger partial charge in [-0.2, -0.15) is 13.2 Å². The summed E-state index contributed by atoms with van der Waals surface area (Å²) in [4.78, 5) is 12.3. The van der Waals surface area contributed by atoms with Crippen molar-refractivity contribution in [2.45, 2.75) is 64.6 Å². The number of amides is 1. The van der Waals surface area contributed by atoms with Gasteiger partial charge in [0, 0.05) is 18.0 Å². The predicted octanol–water partition coefficient (Wildman–Crippen LogP) is 3.66. The average molecular weight is 345 g/mol. The molecule has 0 heterocycles. The van der Waals surface area contributed by atoms with E-state index in [1.807, 2.05) is 20.8 Å². The molecule has 1 saturated carbocycles. The molecular weight excluding hydrogens is 317 g/mol. The van der Waals surface area contributed by atoms with Crippen LogP contribution in [-0.2, 0) is 4.79 Å². The van der Waals surface area contributed by atoms with Gasteiger partial charge in [0.1, 0.15) is 0 Å². The topological polar surface area (TPSA) is 55.1 Å². The SMILES string of the molecule is CC(C)CC(C)(CN)NC(=O)C1CCCC(C(F)(F)F)C1.Cl. The van der Waals surface area contributed by atoms with Crippen molar-refractivity contribution in [3.8, 4) is 0 Å². The Kier molecular flexibility index (Phi) is 8.20. The Balaban J connectivity index is 0.00000441. The fraction of sp³-hybridized carbons (Fsp3) is 0.933. The Morgan fingerprint density at radius 2 is 1.91 bits per heavy atom. The van der Waals surface area contributed by atoms with Crippen LogP contribution in [0.4, 0.5) is 13.2 Å². The van der Waals surface area contributed by atoms with Crippen molar-refractivity contribution < 1.29 is 18.0 Å². The molecule has 0 saturated heterocycles. The van der Waals surface area contributed by atoms with Gasteiger partial charge in [0.25, 0.3) is 0 Å². The summed E-state index contributed by atoms with van der Waals surface area (Å²) in [6, 6.07) is 0. The second-order valence-corrected chi connectivity index (χ2v) is 6.95.